The number of rotatable bonds is 2. The minimum atomic E-state index is 0.787. The van der Waals surface area contributed by atoms with E-state index in [2.05, 4.69) is 17.6 Å². The molecule has 1 saturated carbocycles. The summed E-state index contributed by atoms with van der Waals surface area (Å²) < 4.78 is 0. The van der Waals surface area contributed by atoms with E-state index in [0.29, 0.717) is 0 Å². The second-order valence-electron chi connectivity index (χ2n) is 5.51. The summed E-state index contributed by atoms with van der Waals surface area (Å²) in [5, 5.41) is 7.37. The van der Waals surface area contributed by atoms with Gasteiger partial charge in [0.2, 0.25) is 0 Å². The second-order valence-corrected chi connectivity index (χ2v) is 5.51. The van der Waals surface area contributed by atoms with Gasteiger partial charge < -0.3 is 10.6 Å². The van der Waals surface area contributed by atoms with E-state index in [1.807, 2.05) is 0 Å². The van der Waals surface area contributed by atoms with Crippen LogP contribution in [0.25, 0.3) is 0 Å². The fourth-order valence-electron chi connectivity index (χ4n) is 3.10. The zero-order chi connectivity index (χ0) is 10.5. The van der Waals surface area contributed by atoms with Crippen molar-refractivity contribution in [3.63, 3.8) is 0 Å². The van der Waals surface area contributed by atoms with Crippen molar-refractivity contribution in [3.05, 3.63) is 0 Å². The molecular formula is C13H26N2. The van der Waals surface area contributed by atoms with E-state index in [9.17, 15) is 0 Å². The Morgan fingerprint density at radius 2 is 1.80 bits per heavy atom. The lowest BCUT2D eigenvalue weighted by molar-refractivity contribution is 0.272. The molecule has 1 aliphatic carbocycles. The third-order valence-electron chi connectivity index (χ3n) is 3.98. The van der Waals surface area contributed by atoms with Crippen molar-refractivity contribution in [3.8, 4) is 0 Å². The molecule has 1 aliphatic heterocycles. The summed E-state index contributed by atoms with van der Waals surface area (Å²) in [6.45, 7) is 4.83. The molecule has 1 heterocycles. The quantitative estimate of drug-likeness (QED) is 0.731. The molecule has 2 heteroatoms. The maximum atomic E-state index is 3.89. The molecule has 0 bridgehead atoms. The van der Waals surface area contributed by atoms with Gasteiger partial charge in [0.05, 0.1) is 0 Å². The van der Waals surface area contributed by atoms with Crippen molar-refractivity contribution in [2.45, 2.75) is 64.0 Å². The molecule has 0 aromatic rings. The Balaban J connectivity index is 1.74. The molecule has 1 saturated heterocycles. The predicted octanol–water partition coefficient (Wildman–Crippen LogP) is 2.30. The van der Waals surface area contributed by atoms with Crippen molar-refractivity contribution in [2.24, 2.45) is 5.92 Å². The first kappa shape index (κ1) is 11.4. The number of nitrogens with one attached hydrogen (secondary N) is 2. The Kier molecular flexibility index (Phi) is 4.45. The highest BCUT2D eigenvalue weighted by Crippen LogP contribution is 2.24. The van der Waals surface area contributed by atoms with E-state index >= 15 is 0 Å². The molecule has 0 spiro atoms. The lowest BCUT2D eigenvalue weighted by Crippen LogP contribution is -2.41. The molecule has 2 N–H and O–H groups in total. The zero-order valence-corrected chi connectivity index (χ0v) is 10.1. The van der Waals surface area contributed by atoms with Crippen LogP contribution in [0, 0.1) is 5.92 Å². The van der Waals surface area contributed by atoms with Crippen LogP contribution in [0.4, 0.5) is 0 Å². The smallest absolute Gasteiger partial charge is 0.00822 e. The summed E-state index contributed by atoms with van der Waals surface area (Å²) in [7, 11) is 0. The molecule has 2 aliphatic rings. The molecule has 15 heavy (non-hydrogen) atoms. The zero-order valence-electron chi connectivity index (χ0n) is 10.1. The van der Waals surface area contributed by atoms with Gasteiger partial charge in [0, 0.05) is 12.1 Å². The van der Waals surface area contributed by atoms with Gasteiger partial charge in [-0.2, -0.15) is 0 Å². The topological polar surface area (TPSA) is 24.1 Å². The Morgan fingerprint density at radius 3 is 2.67 bits per heavy atom. The third-order valence-corrected chi connectivity index (χ3v) is 3.98. The summed E-state index contributed by atoms with van der Waals surface area (Å²) in [5.41, 5.74) is 0. The summed E-state index contributed by atoms with van der Waals surface area (Å²) in [4.78, 5) is 0. The first-order valence-electron chi connectivity index (χ1n) is 6.81. The van der Waals surface area contributed by atoms with E-state index < -0.39 is 0 Å². The minimum Gasteiger partial charge on any atom is -0.317 e. The number of hydrogen-bond donors (Lipinski definition) is 2. The van der Waals surface area contributed by atoms with Crippen LogP contribution in [0.5, 0.6) is 0 Å². The van der Waals surface area contributed by atoms with Crippen LogP contribution in [-0.4, -0.2) is 25.2 Å². The second kappa shape index (κ2) is 5.86. The summed E-state index contributed by atoms with van der Waals surface area (Å²) in [5.74, 6) is 0.945. The van der Waals surface area contributed by atoms with Crippen LogP contribution in [0.3, 0.4) is 0 Å². The standard InChI is InChI=1S/C13H26N2/c1-11-4-2-5-13(10-11)15-12-6-3-8-14-9-7-12/h11-15H,2-10H2,1H3. The minimum absolute atomic E-state index is 0.787. The number of hydrogen-bond acceptors (Lipinski definition) is 2. The molecule has 0 amide bonds. The highest BCUT2D eigenvalue weighted by Gasteiger charge is 2.21. The Bertz CT molecular complexity index is 173. The van der Waals surface area contributed by atoms with Crippen molar-refractivity contribution >= 4 is 0 Å². The van der Waals surface area contributed by atoms with E-state index in [-0.39, 0.29) is 0 Å². The first-order valence-corrected chi connectivity index (χ1v) is 6.81. The van der Waals surface area contributed by atoms with E-state index in [1.54, 1.807) is 0 Å². The van der Waals surface area contributed by atoms with Gasteiger partial charge in [-0.3, -0.25) is 0 Å². The van der Waals surface area contributed by atoms with Gasteiger partial charge in [-0.15, -0.1) is 0 Å². The molecule has 3 unspecified atom stereocenters. The molecule has 0 radical (unpaired) electrons. The van der Waals surface area contributed by atoms with E-state index in [4.69, 9.17) is 0 Å². The summed E-state index contributed by atoms with van der Waals surface area (Å²) >= 11 is 0. The van der Waals surface area contributed by atoms with Gasteiger partial charge in [0.15, 0.2) is 0 Å². The monoisotopic (exact) mass is 210 g/mol. The van der Waals surface area contributed by atoms with E-state index in [0.717, 1.165) is 18.0 Å². The first-order chi connectivity index (χ1) is 7.34. The van der Waals surface area contributed by atoms with Gasteiger partial charge in [-0.05, 0) is 51.1 Å². The average Bonchev–Trinajstić information content (AvgIpc) is 2.46. The highest BCUT2D eigenvalue weighted by atomic mass is 15.0. The van der Waals surface area contributed by atoms with Crippen molar-refractivity contribution in [1.82, 2.24) is 10.6 Å². The van der Waals surface area contributed by atoms with Gasteiger partial charge in [-0.25, -0.2) is 0 Å². The molecule has 2 nitrogen and oxygen atoms in total. The molecular weight excluding hydrogens is 184 g/mol. The van der Waals surface area contributed by atoms with Crippen molar-refractivity contribution in [1.29, 1.82) is 0 Å². The molecule has 0 aromatic heterocycles. The highest BCUT2D eigenvalue weighted by molar-refractivity contribution is 4.81. The largest absolute Gasteiger partial charge is 0.317 e. The lowest BCUT2D eigenvalue weighted by Gasteiger charge is -2.31. The Morgan fingerprint density at radius 1 is 0.933 bits per heavy atom. The van der Waals surface area contributed by atoms with Gasteiger partial charge in [0.25, 0.3) is 0 Å². The molecule has 2 rings (SSSR count). The molecule has 0 aromatic carbocycles. The van der Waals surface area contributed by atoms with Crippen LogP contribution in [0.1, 0.15) is 51.9 Å². The fraction of sp³-hybridized carbons (Fsp3) is 1.00. The maximum absolute atomic E-state index is 3.89. The SMILES string of the molecule is CC1CCCC(NC2CCCNCC2)C1. The molecule has 88 valence electrons. The van der Waals surface area contributed by atoms with Crippen molar-refractivity contribution < 1.29 is 0 Å². The van der Waals surface area contributed by atoms with Crippen LogP contribution < -0.4 is 10.6 Å². The van der Waals surface area contributed by atoms with Crippen LogP contribution in [0.2, 0.25) is 0 Å². The molecule has 3 atom stereocenters. The van der Waals surface area contributed by atoms with Gasteiger partial charge in [0.1, 0.15) is 0 Å². The van der Waals surface area contributed by atoms with Gasteiger partial charge >= 0.3 is 0 Å². The van der Waals surface area contributed by atoms with Crippen molar-refractivity contribution in [2.75, 3.05) is 13.1 Å². The van der Waals surface area contributed by atoms with Crippen LogP contribution in [-0.2, 0) is 0 Å². The summed E-state index contributed by atoms with van der Waals surface area (Å²) in [6.07, 6.45) is 9.75. The Hall–Kier alpha value is -0.0800. The fourth-order valence-corrected chi connectivity index (χ4v) is 3.10. The lowest BCUT2D eigenvalue weighted by atomic mass is 9.86. The maximum Gasteiger partial charge on any atom is 0.00822 e. The third kappa shape index (κ3) is 3.76. The Labute approximate surface area is 94.2 Å². The molecule has 2 fully saturated rings. The van der Waals surface area contributed by atoms with E-state index in [1.165, 1.54) is 58.0 Å². The van der Waals surface area contributed by atoms with Crippen LogP contribution in [0.15, 0.2) is 0 Å². The summed E-state index contributed by atoms with van der Waals surface area (Å²) in [6, 6.07) is 1.60. The average molecular weight is 210 g/mol. The normalized spacial score (nSPS) is 38.6. The van der Waals surface area contributed by atoms with Crippen LogP contribution >= 0.6 is 0 Å². The predicted molar refractivity (Wildman–Crippen MR) is 65.1 cm³/mol. The van der Waals surface area contributed by atoms with Gasteiger partial charge in [-0.1, -0.05) is 19.8 Å².